The van der Waals surface area contributed by atoms with Gasteiger partial charge in [-0.05, 0) is 31.8 Å². The molecular weight excluding hydrogens is 332 g/mol. The van der Waals surface area contributed by atoms with E-state index in [1.165, 1.54) is 19.3 Å². The first-order chi connectivity index (χ1) is 12.6. The van der Waals surface area contributed by atoms with Crippen molar-refractivity contribution in [1.29, 1.82) is 0 Å². The molecule has 0 rings (SSSR count). The maximum atomic E-state index is 11.7. The second-order valence-corrected chi connectivity index (χ2v) is 6.54. The van der Waals surface area contributed by atoms with E-state index in [0.717, 1.165) is 38.5 Å². The number of carbonyl (C=O) groups excluding carboxylic acids is 2. The van der Waals surface area contributed by atoms with E-state index in [4.69, 9.17) is 14.9 Å². The SMILES string of the molecule is CCCCCC=CC=CC(=O)CCCCCCCC(=O)OCC(O)CO. The zero-order valence-electron chi connectivity index (χ0n) is 16.2. The number of ketones is 1. The van der Waals surface area contributed by atoms with Gasteiger partial charge in [-0.15, -0.1) is 0 Å². The first-order valence-corrected chi connectivity index (χ1v) is 9.90. The third kappa shape index (κ3) is 17.4. The van der Waals surface area contributed by atoms with Crippen molar-refractivity contribution in [2.45, 2.75) is 83.7 Å². The maximum Gasteiger partial charge on any atom is 0.305 e. The molecule has 2 N–H and O–H groups in total. The average Bonchev–Trinajstić information content (AvgIpc) is 2.64. The summed E-state index contributed by atoms with van der Waals surface area (Å²) in [5, 5.41) is 17.7. The third-order valence-corrected chi connectivity index (χ3v) is 3.96. The van der Waals surface area contributed by atoms with Crippen LogP contribution in [-0.2, 0) is 14.3 Å². The van der Waals surface area contributed by atoms with E-state index in [9.17, 15) is 9.59 Å². The average molecular weight is 369 g/mol. The highest BCUT2D eigenvalue weighted by atomic mass is 16.5. The molecule has 0 aromatic heterocycles. The number of aliphatic hydroxyl groups is 2. The molecule has 0 aliphatic heterocycles. The van der Waals surface area contributed by atoms with Crippen LogP contribution in [0.3, 0.4) is 0 Å². The number of unbranched alkanes of at least 4 members (excludes halogenated alkanes) is 7. The lowest BCUT2D eigenvalue weighted by atomic mass is 10.1. The number of esters is 1. The van der Waals surface area contributed by atoms with Gasteiger partial charge in [-0.2, -0.15) is 0 Å². The molecular formula is C21H36O5. The Labute approximate surface area is 158 Å². The fraction of sp³-hybridized carbons (Fsp3) is 0.714. The molecule has 0 radical (unpaired) electrons. The minimum absolute atomic E-state index is 0.154. The topological polar surface area (TPSA) is 83.8 Å². The minimum atomic E-state index is -0.998. The van der Waals surface area contributed by atoms with E-state index in [2.05, 4.69) is 13.0 Å². The van der Waals surface area contributed by atoms with Gasteiger partial charge in [0.1, 0.15) is 12.7 Å². The van der Waals surface area contributed by atoms with Gasteiger partial charge in [0.2, 0.25) is 0 Å². The van der Waals surface area contributed by atoms with Crippen molar-refractivity contribution in [2.24, 2.45) is 0 Å². The van der Waals surface area contributed by atoms with Crippen LogP contribution in [0.5, 0.6) is 0 Å². The lowest BCUT2D eigenvalue weighted by molar-refractivity contribution is -0.147. The van der Waals surface area contributed by atoms with Crippen molar-refractivity contribution >= 4 is 11.8 Å². The highest BCUT2D eigenvalue weighted by Crippen LogP contribution is 2.08. The number of hydrogen-bond donors (Lipinski definition) is 2. The van der Waals surface area contributed by atoms with Crippen LogP contribution in [0.2, 0.25) is 0 Å². The second-order valence-electron chi connectivity index (χ2n) is 6.54. The van der Waals surface area contributed by atoms with Gasteiger partial charge >= 0.3 is 5.97 Å². The molecule has 0 spiro atoms. The van der Waals surface area contributed by atoms with E-state index >= 15 is 0 Å². The van der Waals surface area contributed by atoms with Gasteiger partial charge in [-0.1, -0.05) is 57.3 Å². The van der Waals surface area contributed by atoms with Crippen molar-refractivity contribution in [3.63, 3.8) is 0 Å². The van der Waals surface area contributed by atoms with Crippen LogP contribution >= 0.6 is 0 Å². The molecule has 0 aromatic rings. The predicted molar refractivity (Wildman–Crippen MR) is 104 cm³/mol. The molecule has 150 valence electrons. The van der Waals surface area contributed by atoms with Gasteiger partial charge in [0, 0.05) is 12.8 Å². The van der Waals surface area contributed by atoms with E-state index in [0.29, 0.717) is 12.8 Å². The van der Waals surface area contributed by atoms with Crippen molar-refractivity contribution < 1.29 is 24.5 Å². The Kier molecular flexibility index (Phi) is 17.3. The zero-order chi connectivity index (χ0) is 19.5. The summed E-state index contributed by atoms with van der Waals surface area (Å²) in [6.07, 6.45) is 16.7. The monoisotopic (exact) mass is 368 g/mol. The summed E-state index contributed by atoms with van der Waals surface area (Å²) in [6.45, 7) is 1.62. The third-order valence-electron chi connectivity index (χ3n) is 3.96. The molecule has 0 bridgehead atoms. The van der Waals surface area contributed by atoms with Crippen molar-refractivity contribution in [1.82, 2.24) is 0 Å². The van der Waals surface area contributed by atoms with Gasteiger partial charge in [-0.25, -0.2) is 0 Å². The Hall–Kier alpha value is -1.46. The molecule has 26 heavy (non-hydrogen) atoms. The molecule has 1 unspecified atom stereocenters. The lowest BCUT2D eigenvalue weighted by Gasteiger charge is -2.08. The fourth-order valence-corrected chi connectivity index (χ4v) is 2.35. The van der Waals surface area contributed by atoms with Gasteiger partial charge < -0.3 is 14.9 Å². The van der Waals surface area contributed by atoms with Crippen LogP contribution in [0.15, 0.2) is 24.3 Å². The Balaban J connectivity index is 3.48. The molecule has 5 nitrogen and oxygen atoms in total. The Bertz CT molecular complexity index is 415. The highest BCUT2D eigenvalue weighted by Gasteiger charge is 2.07. The summed E-state index contributed by atoms with van der Waals surface area (Å²) in [4.78, 5) is 23.1. The van der Waals surface area contributed by atoms with Gasteiger partial charge in [0.05, 0.1) is 6.61 Å². The van der Waals surface area contributed by atoms with E-state index in [-0.39, 0.29) is 18.4 Å². The van der Waals surface area contributed by atoms with Crippen molar-refractivity contribution in [3.8, 4) is 0 Å². The van der Waals surface area contributed by atoms with Gasteiger partial charge in [-0.3, -0.25) is 9.59 Å². The smallest absolute Gasteiger partial charge is 0.305 e. The molecule has 0 amide bonds. The quantitative estimate of drug-likeness (QED) is 0.176. The second kappa shape index (κ2) is 18.3. The number of rotatable bonds is 17. The predicted octanol–water partition coefficient (Wildman–Crippen LogP) is 3.88. The summed E-state index contributed by atoms with van der Waals surface area (Å²) in [5.41, 5.74) is 0. The number of allylic oxidation sites excluding steroid dienone is 4. The Morgan fingerprint density at radius 3 is 2.35 bits per heavy atom. The van der Waals surface area contributed by atoms with Crippen LogP contribution in [0.1, 0.15) is 77.6 Å². The first-order valence-electron chi connectivity index (χ1n) is 9.90. The minimum Gasteiger partial charge on any atom is -0.463 e. The van der Waals surface area contributed by atoms with E-state index < -0.39 is 12.7 Å². The van der Waals surface area contributed by atoms with Gasteiger partial charge in [0.25, 0.3) is 0 Å². The van der Waals surface area contributed by atoms with Gasteiger partial charge in [0.15, 0.2) is 5.78 Å². The largest absolute Gasteiger partial charge is 0.463 e. The lowest BCUT2D eigenvalue weighted by Crippen LogP contribution is -2.21. The zero-order valence-corrected chi connectivity index (χ0v) is 16.2. The summed E-state index contributed by atoms with van der Waals surface area (Å²) in [5.74, 6) is -0.185. The molecule has 0 saturated heterocycles. The number of carbonyl (C=O) groups is 2. The van der Waals surface area contributed by atoms with E-state index in [1.807, 2.05) is 12.2 Å². The molecule has 1 atom stereocenters. The highest BCUT2D eigenvalue weighted by molar-refractivity contribution is 5.89. The summed E-state index contributed by atoms with van der Waals surface area (Å²) >= 11 is 0. The number of hydrogen-bond acceptors (Lipinski definition) is 5. The maximum absolute atomic E-state index is 11.7. The van der Waals surface area contributed by atoms with Crippen molar-refractivity contribution in [3.05, 3.63) is 24.3 Å². The standard InChI is InChI=1S/C21H36O5/c1-2-3-4-5-6-8-11-14-19(23)15-12-9-7-10-13-16-21(25)26-18-20(24)17-22/h6,8,11,14,20,22,24H,2-5,7,9-10,12-13,15-18H2,1H3. The van der Waals surface area contributed by atoms with E-state index in [1.54, 1.807) is 6.08 Å². The Morgan fingerprint density at radius 2 is 1.65 bits per heavy atom. The number of ether oxygens (including phenoxy) is 1. The summed E-state index contributed by atoms with van der Waals surface area (Å²) in [6, 6.07) is 0. The number of aliphatic hydroxyl groups excluding tert-OH is 2. The normalized spacial score (nSPS) is 12.7. The molecule has 5 heteroatoms. The molecule has 0 aromatic carbocycles. The Morgan fingerprint density at radius 1 is 0.962 bits per heavy atom. The molecule has 0 aliphatic carbocycles. The van der Waals surface area contributed by atoms with Crippen LogP contribution in [0.25, 0.3) is 0 Å². The van der Waals surface area contributed by atoms with Crippen molar-refractivity contribution in [2.75, 3.05) is 13.2 Å². The van der Waals surface area contributed by atoms with Crippen LogP contribution in [0.4, 0.5) is 0 Å². The molecule has 0 fully saturated rings. The fourth-order valence-electron chi connectivity index (χ4n) is 2.35. The molecule has 0 heterocycles. The molecule has 0 saturated carbocycles. The van der Waals surface area contributed by atoms with Crippen LogP contribution in [0, 0.1) is 0 Å². The summed E-state index contributed by atoms with van der Waals surface area (Å²) < 4.78 is 4.82. The first kappa shape index (κ1) is 24.5. The van der Waals surface area contributed by atoms with Crippen LogP contribution < -0.4 is 0 Å². The van der Waals surface area contributed by atoms with Crippen LogP contribution in [-0.4, -0.2) is 41.3 Å². The molecule has 0 aliphatic rings. The summed E-state index contributed by atoms with van der Waals surface area (Å²) in [7, 11) is 0.